The van der Waals surface area contributed by atoms with Gasteiger partial charge < -0.3 is 10.4 Å². The second-order valence-electron chi connectivity index (χ2n) is 4.40. The van der Waals surface area contributed by atoms with Crippen molar-refractivity contribution in [3.05, 3.63) is 29.8 Å². The van der Waals surface area contributed by atoms with Crippen molar-refractivity contribution in [2.24, 2.45) is 0 Å². The van der Waals surface area contributed by atoms with Crippen LogP contribution in [0.4, 0.5) is 0 Å². The molecule has 1 rings (SSSR count). The molecule has 0 aliphatic heterocycles. The molecule has 1 aromatic rings. The van der Waals surface area contributed by atoms with Gasteiger partial charge in [0.05, 0.1) is 6.61 Å². The number of hydrogen-bond acceptors (Lipinski definition) is 2. The van der Waals surface area contributed by atoms with E-state index >= 15 is 0 Å². The van der Waals surface area contributed by atoms with E-state index in [4.69, 9.17) is 5.11 Å². The van der Waals surface area contributed by atoms with Crippen molar-refractivity contribution < 1.29 is 10.4 Å². The largest absolute Gasteiger partial charge is 0.390 e. The molecule has 0 amide bonds. The summed E-state index contributed by atoms with van der Waals surface area (Å²) in [6.07, 6.45) is 2.08. The minimum absolute atomic E-state index is 0.0851. The lowest BCUT2D eigenvalue weighted by Gasteiger charge is -2.19. The first kappa shape index (κ1) is 12.6. The van der Waals surface area contributed by atoms with Gasteiger partial charge in [0.15, 0.2) is 0 Å². The van der Waals surface area contributed by atoms with E-state index in [0.29, 0.717) is 0 Å². The van der Waals surface area contributed by atoms with Gasteiger partial charge in [-0.2, -0.15) is 0 Å². The molecule has 15 heavy (non-hydrogen) atoms. The number of rotatable bonds is 5. The molecule has 0 radical (unpaired) electrons. The highest BCUT2D eigenvalue weighted by molar-refractivity contribution is 7.98. The first-order valence-corrected chi connectivity index (χ1v) is 6.38. The Morgan fingerprint density at radius 3 is 2.33 bits per heavy atom. The molecule has 0 spiro atoms. The first-order valence-electron chi connectivity index (χ1n) is 5.15. The van der Waals surface area contributed by atoms with Crippen molar-refractivity contribution in [2.45, 2.75) is 30.8 Å². The highest BCUT2D eigenvalue weighted by Gasteiger charge is 2.18. The molecule has 2 nitrogen and oxygen atoms in total. The van der Waals surface area contributed by atoms with Crippen molar-refractivity contribution >= 4 is 11.8 Å². The molecule has 0 aliphatic rings. The van der Waals surface area contributed by atoms with E-state index in [2.05, 4.69) is 35.8 Å². The number of benzene rings is 1. The average Bonchev–Trinajstić information content (AvgIpc) is 2.27. The van der Waals surface area contributed by atoms with Crippen LogP contribution in [0.3, 0.4) is 0 Å². The SMILES string of the molecule is CSc1ccc(C[NH2+]C(C)(C)CO)cc1. The van der Waals surface area contributed by atoms with Gasteiger partial charge >= 0.3 is 0 Å². The van der Waals surface area contributed by atoms with Gasteiger partial charge in [0, 0.05) is 10.5 Å². The summed E-state index contributed by atoms with van der Waals surface area (Å²) in [6, 6.07) is 8.57. The van der Waals surface area contributed by atoms with Crippen LogP contribution in [-0.4, -0.2) is 23.5 Å². The predicted molar refractivity (Wildman–Crippen MR) is 65.0 cm³/mol. The second-order valence-corrected chi connectivity index (χ2v) is 5.28. The summed E-state index contributed by atoms with van der Waals surface area (Å²) in [5.74, 6) is 0. The van der Waals surface area contributed by atoms with Crippen LogP contribution in [0.5, 0.6) is 0 Å². The maximum atomic E-state index is 9.12. The van der Waals surface area contributed by atoms with Gasteiger partial charge in [0.1, 0.15) is 12.1 Å². The van der Waals surface area contributed by atoms with Gasteiger partial charge in [-0.05, 0) is 32.2 Å². The van der Waals surface area contributed by atoms with Crippen LogP contribution in [0.25, 0.3) is 0 Å². The van der Waals surface area contributed by atoms with Crippen LogP contribution in [0.15, 0.2) is 29.2 Å². The van der Waals surface area contributed by atoms with Crippen LogP contribution < -0.4 is 5.32 Å². The zero-order chi connectivity index (χ0) is 11.3. The normalized spacial score (nSPS) is 11.7. The third kappa shape index (κ3) is 4.24. The molecule has 0 aliphatic carbocycles. The van der Waals surface area contributed by atoms with E-state index in [-0.39, 0.29) is 12.1 Å². The molecule has 1 aromatic carbocycles. The van der Waals surface area contributed by atoms with Gasteiger partial charge in [-0.1, -0.05) is 12.1 Å². The second kappa shape index (κ2) is 5.54. The smallest absolute Gasteiger partial charge is 0.114 e. The highest BCUT2D eigenvalue weighted by atomic mass is 32.2. The molecule has 0 bridgehead atoms. The molecule has 84 valence electrons. The Morgan fingerprint density at radius 1 is 1.27 bits per heavy atom. The zero-order valence-electron chi connectivity index (χ0n) is 9.66. The molecular weight excluding hydrogens is 206 g/mol. The fourth-order valence-corrected chi connectivity index (χ4v) is 1.63. The van der Waals surface area contributed by atoms with Gasteiger partial charge in [0.2, 0.25) is 0 Å². The molecule has 3 heteroatoms. The van der Waals surface area contributed by atoms with E-state index < -0.39 is 0 Å². The topological polar surface area (TPSA) is 36.8 Å². The molecule has 0 heterocycles. The Kier molecular flexibility index (Phi) is 4.64. The molecule has 0 saturated heterocycles. The average molecular weight is 226 g/mol. The molecule has 3 N–H and O–H groups in total. The molecule has 0 atom stereocenters. The maximum Gasteiger partial charge on any atom is 0.114 e. The summed E-state index contributed by atoms with van der Waals surface area (Å²) in [7, 11) is 0. The zero-order valence-corrected chi connectivity index (χ0v) is 10.5. The third-order valence-corrected chi connectivity index (χ3v) is 3.20. The lowest BCUT2D eigenvalue weighted by molar-refractivity contribution is -0.736. The van der Waals surface area contributed by atoms with E-state index in [1.165, 1.54) is 10.5 Å². The molecule has 0 unspecified atom stereocenters. The number of quaternary nitrogens is 1. The Morgan fingerprint density at radius 2 is 1.87 bits per heavy atom. The molecule has 0 fully saturated rings. The summed E-state index contributed by atoms with van der Waals surface area (Å²) in [4.78, 5) is 1.29. The van der Waals surface area contributed by atoms with Crippen LogP contribution in [0.1, 0.15) is 19.4 Å². The van der Waals surface area contributed by atoms with Crippen LogP contribution in [0, 0.1) is 0 Å². The number of thioether (sulfide) groups is 1. The molecule has 0 saturated carbocycles. The maximum absolute atomic E-state index is 9.12. The molecule has 0 aromatic heterocycles. The highest BCUT2D eigenvalue weighted by Crippen LogP contribution is 2.14. The van der Waals surface area contributed by atoms with Crippen molar-refractivity contribution in [1.29, 1.82) is 0 Å². The van der Waals surface area contributed by atoms with Crippen LogP contribution >= 0.6 is 11.8 Å². The molecular formula is C12H20NOS+. The quantitative estimate of drug-likeness (QED) is 0.741. The number of hydrogen-bond donors (Lipinski definition) is 2. The van der Waals surface area contributed by atoms with Gasteiger partial charge in [-0.15, -0.1) is 11.8 Å². The van der Waals surface area contributed by atoms with E-state index in [9.17, 15) is 0 Å². The van der Waals surface area contributed by atoms with Crippen LogP contribution in [0.2, 0.25) is 0 Å². The minimum Gasteiger partial charge on any atom is -0.390 e. The van der Waals surface area contributed by atoms with Gasteiger partial charge in [-0.3, -0.25) is 0 Å². The summed E-state index contributed by atoms with van der Waals surface area (Å²) >= 11 is 1.76. The standard InChI is InChI=1S/C12H19NOS/c1-12(2,9-14)13-8-10-4-6-11(15-3)7-5-10/h4-7,13-14H,8-9H2,1-3H3/p+1. The van der Waals surface area contributed by atoms with Crippen molar-refractivity contribution in [3.8, 4) is 0 Å². The monoisotopic (exact) mass is 226 g/mol. The third-order valence-electron chi connectivity index (χ3n) is 2.46. The van der Waals surface area contributed by atoms with Gasteiger partial charge in [-0.25, -0.2) is 0 Å². The van der Waals surface area contributed by atoms with Crippen molar-refractivity contribution in [1.82, 2.24) is 0 Å². The Balaban J connectivity index is 2.51. The minimum atomic E-state index is -0.0851. The van der Waals surface area contributed by atoms with E-state index in [1.54, 1.807) is 11.8 Å². The predicted octanol–water partition coefficient (Wildman–Crippen LogP) is 1.24. The summed E-state index contributed by atoms with van der Waals surface area (Å²) in [6.45, 7) is 5.21. The lowest BCUT2D eigenvalue weighted by atomic mass is 10.1. The van der Waals surface area contributed by atoms with Crippen molar-refractivity contribution in [2.75, 3.05) is 12.9 Å². The van der Waals surface area contributed by atoms with Gasteiger partial charge in [0.25, 0.3) is 0 Å². The van der Waals surface area contributed by atoms with Crippen LogP contribution in [-0.2, 0) is 6.54 Å². The fourth-order valence-electron chi connectivity index (χ4n) is 1.22. The Bertz CT molecular complexity index is 295. The number of nitrogens with two attached hydrogens (primary N) is 1. The Labute approximate surface area is 96.1 Å². The first-order chi connectivity index (χ1) is 7.07. The lowest BCUT2D eigenvalue weighted by Crippen LogP contribution is -2.95. The summed E-state index contributed by atoms with van der Waals surface area (Å²) < 4.78 is 0. The van der Waals surface area contributed by atoms with E-state index in [1.807, 2.05) is 13.8 Å². The summed E-state index contributed by atoms with van der Waals surface area (Å²) in [5.41, 5.74) is 1.22. The fraction of sp³-hybridized carbons (Fsp3) is 0.500. The van der Waals surface area contributed by atoms with E-state index in [0.717, 1.165) is 6.54 Å². The Hall–Kier alpha value is -0.510. The number of aliphatic hydroxyl groups excluding tert-OH is 1. The van der Waals surface area contributed by atoms with Crippen molar-refractivity contribution in [3.63, 3.8) is 0 Å². The summed E-state index contributed by atoms with van der Waals surface area (Å²) in [5, 5.41) is 11.3. The number of aliphatic hydroxyl groups is 1.